The van der Waals surface area contributed by atoms with E-state index in [0.717, 1.165) is 51.6 Å². The fraction of sp³-hybridized carbons (Fsp3) is 0.724. The Morgan fingerprint density at radius 1 is 0.974 bits per heavy atom. The van der Waals surface area contributed by atoms with Crippen LogP contribution in [0.15, 0.2) is 18.2 Å². The second-order valence-corrected chi connectivity index (χ2v) is 10.6. The first-order valence-electron chi connectivity index (χ1n) is 14.0. The molecule has 0 bridgehead atoms. The number of rotatable bonds is 16. The zero-order valence-corrected chi connectivity index (χ0v) is 25.1. The van der Waals surface area contributed by atoms with Crippen molar-refractivity contribution in [1.29, 1.82) is 0 Å². The van der Waals surface area contributed by atoms with Crippen LogP contribution >= 0.6 is 12.4 Å². The largest absolute Gasteiger partial charge is 0.493 e. The van der Waals surface area contributed by atoms with Crippen molar-refractivity contribution in [2.24, 2.45) is 0 Å². The van der Waals surface area contributed by atoms with Crippen molar-refractivity contribution < 1.29 is 28.5 Å². The number of halogens is 1. The Morgan fingerprint density at radius 3 is 2.28 bits per heavy atom. The lowest BCUT2D eigenvalue weighted by atomic mass is 9.95. The van der Waals surface area contributed by atoms with E-state index in [4.69, 9.17) is 18.9 Å². The first-order valence-corrected chi connectivity index (χ1v) is 14.0. The van der Waals surface area contributed by atoms with Crippen molar-refractivity contribution in [2.75, 3.05) is 54.2 Å². The molecule has 1 aliphatic heterocycles. The highest BCUT2D eigenvalue weighted by molar-refractivity contribution is 5.95. The smallest absolute Gasteiger partial charge is 0.254 e. The SMILES string of the molecule is COCCCOc1cc(C(=O)N(C(C)C)[C@@H]2CC[C@H](CCN(C(=O)CCOC)C3CC3)NC2)ccc1OC.Cl. The Morgan fingerprint density at radius 2 is 1.69 bits per heavy atom. The monoisotopic (exact) mass is 569 g/mol. The molecule has 0 aromatic heterocycles. The van der Waals surface area contributed by atoms with Gasteiger partial charge in [-0.25, -0.2) is 0 Å². The standard InChI is InChI=1S/C29H47N3O6.ClH/c1-21(2)32(29(34)22-7-12-26(37-5)27(19-22)38-17-6-16-35-3)25-9-8-23(30-20-25)13-15-31(24-10-11-24)28(33)14-18-36-4;/h7,12,19,21,23-25,30H,6,8-11,13-18,20H2,1-5H3;1H/t23-,25-;/m1./s1. The van der Waals surface area contributed by atoms with Crippen LogP contribution in [0.4, 0.5) is 0 Å². The summed E-state index contributed by atoms with van der Waals surface area (Å²) < 4.78 is 21.5. The van der Waals surface area contributed by atoms with Crippen LogP contribution in [0.1, 0.15) is 69.2 Å². The molecule has 2 amide bonds. The van der Waals surface area contributed by atoms with E-state index in [-0.39, 0.29) is 36.3 Å². The quantitative estimate of drug-likeness (QED) is 0.302. The number of ether oxygens (including phenoxy) is 4. The van der Waals surface area contributed by atoms with Gasteiger partial charge in [0.2, 0.25) is 5.91 Å². The average molecular weight is 570 g/mol. The molecule has 1 aromatic rings. The van der Waals surface area contributed by atoms with Gasteiger partial charge in [0.05, 0.1) is 26.7 Å². The molecule has 1 aromatic carbocycles. The highest BCUT2D eigenvalue weighted by Gasteiger charge is 2.34. The summed E-state index contributed by atoms with van der Waals surface area (Å²) in [7, 11) is 4.90. The number of methoxy groups -OCH3 is 3. The molecule has 2 fully saturated rings. The van der Waals surface area contributed by atoms with Crippen LogP contribution in [-0.2, 0) is 14.3 Å². The maximum Gasteiger partial charge on any atom is 0.254 e. The summed E-state index contributed by atoms with van der Waals surface area (Å²) in [4.78, 5) is 30.3. The van der Waals surface area contributed by atoms with E-state index in [2.05, 4.69) is 24.1 Å². The van der Waals surface area contributed by atoms with Crippen LogP contribution < -0.4 is 14.8 Å². The van der Waals surface area contributed by atoms with Crippen LogP contribution in [0.5, 0.6) is 11.5 Å². The molecule has 1 saturated heterocycles. The van der Waals surface area contributed by atoms with Crippen molar-refractivity contribution in [3.63, 3.8) is 0 Å². The molecule has 222 valence electrons. The van der Waals surface area contributed by atoms with Crippen LogP contribution in [0, 0.1) is 0 Å². The number of carbonyl (C=O) groups excluding carboxylic acids is 2. The summed E-state index contributed by atoms with van der Waals surface area (Å²) in [6, 6.07) is 6.31. The molecule has 1 aliphatic carbocycles. The summed E-state index contributed by atoms with van der Waals surface area (Å²) >= 11 is 0. The highest BCUT2D eigenvalue weighted by atomic mass is 35.5. The molecule has 0 radical (unpaired) electrons. The molecule has 0 spiro atoms. The molecule has 2 aliphatic rings. The van der Waals surface area contributed by atoms with E-state index < -0.39 is 0 Å². The van der Waals surface area contributed by atoms with Crippen LogP contribution in [0.3, 0.4) is 0 Å². The van der Waals surface area contributed by atoms with Gasteiger partial charge in [-0.1, -0.05) is 0 Å². The molecule has 1 saturated carbocycles. The topological polar surface area (TPSA) is 89.6 Å². The van der Waals surface area contributed by atoms with E-state index in [9.17, 15) is 9.59 Å². The third-order valence-electron chi connectivity index (χ3n) is 7.38. The molecule has 39 heavy (non-hydrogen) atoms. The van der Waals surface area contributed by atoms with Crippen molar-refractivity contribution in [3.05, 3.63) is 23.8 Å². The fourth-order valence-corrected chi connectivity index (χ4v) is 5.19. The van der Waals surface area contributed by atoms with Crippen molar-refractivity contribution in [2.45, 2.75) is 83.0 Å². The molecule has 3 rings (SSSR count). The molecule has 0 unspecified atom stereocenters. The average Bonchev–Trinajstić information content (AvgIpc) is 3.76. The first kappa shape index (κ1) is 33.1. The van der Waals surface area contributed by atoms with Gasteiger partial charge in [-0.2, -0.15) is 0 Å². The van der Waals surface area contributed by atoms with E-state index in [1.165, 1.54) is 0 Å². The second-order valence-electron chi connectivity index (χ2n) is 10.6. The first-order chi connectivity index (χ1) is 18.4. The van der Waals surface area contributed by atoms with Gasteiger partial charge in [0.25, 0.3) is 5.91 Å². The summed E-state index contributed by atoms with van der Waals surface area (Å²) in [6.45, 7) is 7.22. The zero-order valence-electron chi connectivity index (χ0n) is 24.3. The number of hydrogen-bond acceptors (Lipinski definition) is 7. The summed E-state index contributed by atoms with van der Waals surface area (Å²) in [5.74, 6) is 1.37. The Bertz CT molecular complexity index is 890. The summed E-state index contributed by atoms with van der Waals surface area (Å²) in [5, 5.41) is 3.66. The molecule has 2 atom stereocenters. The number of carbonyl (C=O) groups is 2. The number of nitrogens with zero attached hydrogens (tertiary/aromatic N) is 2. The predicted octanol–water partition coefficient (Wildman–Crippen LogP) is 3.92. The van der Waals surface area contributed by atoms with Crippen LogP contribution in [0.2, 0.25) is 0 Å². The fourth-order valence-electron chi connectivity index (χ4n) is 5.19. The van der Waals surface area contributed by atoms with Gasteiger partial charge in [0, 0.05) is 70.1 Å². The van der Waals surface area contributed by atoms with Gasteiger partial charge in [-0.15, -0.1) is 12.4 Å². The van der Waals surface area contributed by atoms with E-state index in [1.54, 1.807) is 33.5 Å². The molecule has 1 heterocycles. The normalized spacial score (nSPS) is 18.8. The molecular formula is C29H48ClN3O6. The van der Waals surface area contributed by atoms with Gasteiger partial charge in [0.1, 0.15) is 0 Å². The van der Waals surface area contributed by atoms with E-state index >= 15 is 0 Å². The summed E-state index contributed by atoms with van der Waals surface area (Å²) in [6.07, 6.45) is 6.25. The lowest BCUT2D eigenvalue weighted by Gasteiger charge is -2.40. The second kappa shape index (κ2) is 16.9. The third kappa shape index (κ3) is 9.81. The number of piperidine rings is 1. The number of nitrogens with one attached hydrogen (secondary N) is 1. The predicted molar refractivity (Wildman–Crippen MR) is 154 cm³/mol. The van der Waals surface area contributed by atoms with Crippen molar-refractivity contribution in [1.82, 2.24) is 15.1 Å². The van der Waals surface area contributed by atoms with E-state index in [1.807, 2.05) is 11.0 Å². The minimum atomic E-state index is -0.00158. The third-order valence-corrected chi connectivity index (χ3v) is 7.38. The molecule has 10 heteroatoms. The highest BCUT2D eigenvalue weighted by Crippen LogP contribution is 2.31. The maximum atomic E-state index is 13.7. The van der Waals surface area contributed by atoms with Gasteiger partial charge >= 0.3 is 0 Å². The number of amides is 2. The molecule has 1 N–H and O–H groups in total. The Hall–Kier alpha value is -2.07. The maximum absolute atomic E-state index is 13.7. The van der Waals surface area contributed by atoms with Crippen molar-refractivity contribution in [3.8, 4) is 11.5 Å². The van der Waals surface area contributed by atoms with Gasteiger partial charge in [-0.05, 0) is 64.2 Å². The van der Waals surface area contributed by atoms with Gasteiger partial charge in [-0.3, -0.25) is 9.59 Å². The Labute approximate surface area is 240 Å². The van der Waals surface area contributed by atoms with Gasteiger partial charge in [0.15, 0.2) is 11.5 Å². The Kier molecular flexibility index (Phi) is 14.4. The zero-order chi connectivity index (χ0) is 27.5. The van der Waals surface area contributed by atoms with Crippen LogP contribution in [0.25, 0.3) is 0 Å². The van der Waals surface area contributed by atoms with Crippen LogP contribution in [-0.4, -0.2) is 100 Å². The molecular weight excluding hydrogens is 522 g/mol. The minimum Gasteiger partial charge on any atom is -0.493 e. The lowest BCUT2D eigenvalue weighted by Crippen LogP contribution is -2.54. The van der Waals surface area contributed by atoms with E-state index in [0.29, 0.717) is 55.4 Å². The lowest BCUT2D eigenvalue weighted by molar-refractivity contribution is -0.132. The minimum absolute atomic E-state index is 0. The number of benzene rings is 1. The molecule has 9 nitrogen and oxygen atoms in total. The van der Waals surface area contributed by atoms with Gasteiger partial charge < -0.3 is 34.1 Å². The van der Waals surface area contributed by atoms with Crippen molar-refractivity contribution >= 4 is 24.2 Å². The number of hydrogen-bond donors (Lipinski definition) is 1. The summed E-state index contributed by atoms with van der Waals surface area (Å²) in [5.41, 5.74) is 0.595. The Balaban J connectivity index is 0.00000533.